The van der Waals surface area contributed by atoms with E-state index < -0.39 is 55.8 Å². The molecule has 0 aromatic carbocycles. The highest BCUT2D eigenvalue weighted by Crippen LogP contribution is 2.75. The number of sulfonamides is 1. The third-order valence-corrected chi connectivity index (χ3v) is 17.3. The van der Waals surface area contributed by atoms with E-state index in [2.05, 4.69) is 85.5 Å². The van der Waals surface area contributed by atoms with E-state index in [-0.39, 0.29) is 45.8 Å². The molecule has 6 rings (SSSR count). The molecule has 3 saturated carbocycles. The first-order valence-corrected chi connectivity index (χ1v) is 20.7. The number of primary sulfonamides is 1. The molecule has 12 atom stereocenters. The molecule has 4 aliphatic carbocycles. The molecule has 288 valence electrons. The van der Waals surface area contributed by atoms with Crippen molar-refractivity contribution in [2.45, 2.75) is 138 Å². The van der Waals surface area contributed by atoms with Crippen molar-refractivity contribution in [1.29, 1.82) is 0 Å². The molecule has 4 fully saturated rings. The molecule has 11 nitrogen and oxygen atoms in total. The van der Waals surface area contributed by atoms with E-state index in [0.29, 0.717) is 32.0 Å². The van der Waals surface area contributed by atoms with Crippen LogP contribution in [0.2, 0.25) is 0 Å². The summed E-state index contributed by atoms with van der Waals surface area (Å²) in [6.07, 6.45) is 8.40. The first kappa shape index (κ1) is 38.9. The average molecular weight is 732 g/mol. The zero-order chi connectivity index (χ0) is 38.0. The van der Waals surface area contributed by atoms with Crippen LogP contribution in [0.4, 0.5) is 0 Å². The maximum Gasteiger partial charge on any atom is 0.307 e. The van der Waals surface area contributed by atoms with Crippen molar-refractivity contribution < 1.29 is 27.8 Å². The van der Waals surface area contributed by atoms with Crippen LogP contribution in [0.5, 0.6) is 0 Å². The van der Waals surface area contributed by atoms with Gasteiger partial charge in [0.05, 0.1) is 37.9 Å². The standard InChI is InChI=1S/C39H65N5O6S/c1-23(2)24(3)34(7)16-17-36(9)25-12-13-28-35(8)19-49-21-39(28,26(25)14-15-37(36,10)29(34)31(45)46)18-27(44-22-42-43-32(44)51(41,47)48)30(35)50-20-38(11,40)33(4,5)6/h14,22-25,27-30H,12-13,15-21,40H2,1-11H3,(H,45,46)(H2,41,47,48)/t24-,25+,27-,28+,29-,30+,34-,35-,36-,37+,38+,39+/m1/s1. The molecule has 51 heavy (non-hydrogen) atoms. The summed E-state index contributed by atoms with van der Waals surface area (Å²) in [7, 11) is -4.19. The van der Waals surface area contributed by atoms with Crippen molar-refractivity contribution in [1.82, 2.24) is 14.8 Å². The summed E-state index contributed by atoms with van der Waals surface area (Å²) in [6, 6.07) is -0.455. The van der Waals surface area contributed by atoms with Gasteiger partial charge in [-0.1, -0.05) is 80.9 Å². The fourth-order valence-electron chi connectivity index (χ4n) is 12.3. The van der Waals surface area contributed by atoms with Crippen LogP contribution in [0.1, 0.15) is 121 Å². The summed E-state index contributed by atoms with van der Waals surface area (Å²) in [6.45, 7) is 25.3. The number of aromatic nitrogens is 3. The molecule has 1 aromatic heterocycles. The van der Waals surface area contributed by atoms with Crippen LogP contribution >= 0.6 is 0 Å². The minimum atomic E-state index is -4.19. The summed E-state index contributed by atoms with van der Waals surface area (Å²) >= 11 is 0. The van der Waals surface area contributed by atoms with Crippen molar-refractivity contribution in [2.24, 2.45) is 73.0 Å². The van der Waals surface area contributed by atoms with Gasteiger partial charge in [-0.25, -0.2) is 13.6 Å². The van der Waals surface area contributed by atoms with Crippen molar-refractivity contribution >= 4 is 16.0 Å². The SMILES string of the molecule is CC(C)[C@@H](C)[C@@]1(C)CC[C@]2(C)[C@H]3CC[C@@H]4[C@@]5(COC[C@@]4(C)[C@@H](OC[C@](C)(N)C(C)(C)C)[C@H](n4cnnc4S(N)(=O)=O)C5)C3=CC[C@@]2(C)[C@@H]1C(=O)O. The number of nitrogens with two attached hydrogens (primary N) is 2. The van der Waals surface area contributed by atoms with Gasteiger partial charge in [0.15, 0.2) is 0 Å². The number of hydrogen-bond donors (Lipinski definition) is 3. The summed E-state index contributed by atoms with van der Waals surface area (Å²) in [5, 5.41) is 24.6. The fraction of sp³-hybridized carbons (Fsp3) is 0.872. The third kappa shape index (κ3) is 5.45. The Kier molecular flexibility index (Phi) is 9.20. The van der Waals surface area contributed by atoms with Crippen molar-refractivity contribution in [3.63, 3.8) is 0 Å². The molecule has 1 aliphatic heterocycles. The highest BCUT2D eigenvalue weighted by Gasteiger charge is 2.72. The lowest BCUT2D eigenvalue weighted by atomic mass is 9.34. The first-order valence-electron chi connectivity index (χ1n) is 19.2. The predicted octanol–water partition coefficient (Wildman–Crippen LogP) is 6.20. The van der Waals surface area contributed by atoms with Gasteiger partial charge < -0.3 is 20.3 Å². The minimum Gasteiger partial charge on any atom is -0.481 e. The molecular weight excluding hydrogens is 667 g/mol. The Morgan fingerprint density at radius 3 is 2.35 bits per heavy atom. The number of rotatable bonds is 8. The van der Waals surface area contributed by atoms with Gasteiger partial charge in [0.1, 0.15) is 6.33 Å². The van der Waals surface area contributed by atoms with Gasteiger partial charge in [0.2, 0.25) is 0 Å². The van der Waals surface area contributed by atoms with Gasteiger partial charge in [-0.3, -0.25) is 9.36 Å². The Balaban J connectivity index is 1.49. The van der Waals surface area contributed by atoms with E-state index in [1.165, 1.54) is 11.9 Å². The number of allylic oxidation sites excluding steroid dienone is 1. The summed E-state index contributed by atoms with van der Waals surface area (Å²) in [5.41, 5.74) is 5.40. The molecule has 12 heteroatoms. The van der Waals surface area contributed by atoms with Crippen LogP contribution in [-0.4, -0.2) is 65.7 Å². The monoisotopic (exact) mass is 731 g/mol. The van der Waals surface area contributed by atoms with Gasteiger partial charge in [0.25, 0.3) is 15.2 Å². The van der Waals surface area contributed by atoms with Crippen molar-refractivity contribution in [3.05, 3.63) is 18.0 Å². The van der Waals surface area contributed by atoms with E-state index in [0.717, 1.165) is 25.7 Å². The first-order chi connectivity index (χ1) is 23.3. The Bertz CT molecular complexity index is 1680. The van der Waals surface area contributed by atoms with Crippen LogP contribution in [0.25, 0.3) is 0 Å². The van der Waals surface area contributed by atoms with Crippen LogP contribution in [0.3, 0.4) is 0 Å². The smallest absolute Gasteiger partial charge is 0.307 e. The molecule has 2 heterocycles. The maximum atomic E-state index is 13.5. The number of ether oxygens (including phenoxy) is 2. The molecule has 1 aromatic rings. The van der Waals surface area contributed by atoms with Crippen molar-refractivity contribution in [2.75, 3.05) is 19.8 Å². The zero-order valence-electron chi connectivity index (χ0n) is 33.0. The topological polar surface area (TPSA) is 173 Å². The van der Waals surface area contributed by atoms with Gasteiger partial charge >= 0.3 is 5.97 Å². The molecule has 0 amide bonds. The second-order valence-corrected chi connectivity index (χ2v) is 21.5. The van der Waals surface area contributed by atoms with Crippen molar-refractivity contribution in [3.8, 4) is 0 Å². The highest BCUT2D eigenvalue weighted by molar-refractivity contribution is 7.89. The Hall–Kier alpha value is -1.86. The van der Waals surface area contributed by atoms with Crippen LogP contribution in [-0.2, 0) is 24.3 Å². The summed E-state index contributed by atoms with van der Waals surface area (Å²) < 4.78 is 41.1. The molecule has 0 unspecified atom stereocenters. The number of carboxylic acid groups (broad SMARTS) is 1. The van der Waals surface area contributed by atoms with Gasteiger partial charge in [-0.15, -0.1) is 10.2 Å². The third-order valence-electron chi connectivity index (χ3n) is 16.5. The van der Waals surface area contributed by atoms with Crippen LogP contribution in [0, 0.1) is 62.1 Å². The number of carboxylic acids is 1. The normalized spacial score (nSPS) is 42.9. The minimum absolute atomic E-state index is 0.171. The second-order valence-electron chi connectivity index (χ2n) is 20.1. The van der Waals surface area contributed by atoms with E-state index >= 15 is 0 Å². The molecule has 1 saturated heterocycles. The highest BCUT2D eigenvalue weighted by atomic mass is 32.2. The van der Waals surface area contributed by atoms with Gasteiger partial charge in [-0.2, -0.15) is 0 Å². The average Bonchev–Trinajstić information content (AvgIpc) is 3.50. The zero-order valence-corrected chi connectivity index (χ0v) is 33.8. The van der Waals surface area contributed by atoms with E-state index in [1.54, 1.807) is 4.57 Å². The second kappa shape index (κ2) is 12.1. The number of hydrogen-bond acceptors (Lipinski definition) is 8. The van der Waals surface area contributed by atoms with E-state index in [4.69, 9.17) is 20.3 Å². The largest absolute Gasteiger partial charge is 0.481 e. The molecule has 5 N–H and O–H groups in total. The van der Waals surface area contributed by atoms with Gasteiger partial charge in [0, 0.05) is 16.4 Å². The molecule has 2 bridgehead atoms. The number of aliphatic carboxylic acids is 1. The Morgan fingerprint density at radius 2 is 1.76 bits per heavy atom. The molecule has 0 radical (unpaired) electrons. The Morgan fingerprint density at radius 1 is 1.10 bits per heavy atom. The molecule has 0 spiro atoms. The quantitative estimate of drug-likeness (QED) is 0.263. The van der Waals surface area contributed by atoms with E-state index in [9.17, 15) is 18.3 Å². The lowest BCUT2D eigenvalue weighted by Crippen LogP contribution is -2.69. The lowest BCUT2D eigenvalue weighted by molar-refractivity contribution is -0.253. The predicted molar refractivity (Wildman–Crippen MR) is 196 cm³/mol. The number of fused-ring (bicyclic) bond motifs is 3. The van der Waals surface area contributed by atoms with Gasteiger partial charge in [-0.05, 0) is 90.8 Å². The maximum absolute atomic E-state index is 13.5. The van der Waals surface area contributed by atoms with Crippen LogP contribution in [0.15, 0.2) is 23.1 Å². The summed E-state index contributed by atoms with van der Waals surface area (Å²) in [4.78, 5) is 13.5. The molecular formula is C39H65N5O6S. The fourth-order valence-corrected chi connectivity index (χ4v) is 12.9. The Labute approximate surface area is 306 Å². The van der Waals surface area contributed by atoms with E-state index in [1.807, 2.05) is 6.92 Å². The number of carbonyl (C=O) groups is 1. The number of nitrogens with zero attached hydrogens (tertiary/aromatic N) is 3. The lowest BCUT2D eigenvalue weighted by Gasteiger charge is -2.71. The van der Waals surface area contributed by atoms with Crippen LogP contribution < -0.4 is 10.9 Å². The molecule has 5 aliphatic rings. The summed E-state index contributed by atoms with van der Waals surface area (Å²) in [5.74, 6) is -0.160.